The summed E-state index contributed by atoms with van der Waals surface area (Å²) in [6.07, 6.45) is 5.86. The highest BCUT2D eigenvalue weighted by Crippen LogP contribution is 2.24. The Morgan fingerprint density at radius 3 is 2.95 bits per heavy atom. The molecule has 1 atom stereocenters. The molecule has 1 unspecified atom stereocenters. The molecule has 0 bridgehead atoms. The van der Waals surface area contributed by atoms with Gasteiger partial charge in [0.15, 0.2) is 0 Å². The third kappa shape index (κ3) is 2.84. The number of ether oxygens (including phenoxy) is 1. The van der Waals surface area contributed by atoms with Crippen LogP contribution in [0.1, 0.15) is 19.3 Å². The summed E-state index contributed by atoms with van der Waals surface area (Å²) in [5, 5.41) is 8.82. The Kier molecular flexibility index (Phi) is 3.78. The van der Waals surface area contributed by atoms with E-state index in [9.17, 15) is 0 Å². The van der Waals surface area contributed by atoms with Crippen molar-refractivity contribution in [3.05, 3.63) is 36.5 Å². The number of hydrogen-bond donors (Lipinski definition) is 1. The number of nitrogens with zero attached hydrogens (tertiary/aromatic N) is 3. The van der Waals surface area contributed by atoms with Crippen LogP contribution in [0, 0.1) is 0 Å². The molecule has 2 aromatic heterocycles. The Balaban J connectivity index is 1.46. The van der Waals surface area contributed by atoms with Gasteiger partial charge in [0.2, 0.25) is 10.1 Å². The largest absolute Gasteiger partial charge is 0.376 e. The lowest BCUT2D eigenvalue weighted by atomic mass is 10.1. The van der Waals surface area contributed by atoms with Gasteiger partial charge in [-0.1, -0.05) is 41.7 Å². The Morgan fingerprint density at radius 1 is 1.27 bits per heavy atom. The monoisotopic (exact) mass is 314 g/mol. The van der Waals surface area contributed by atoms with E-state index in [-0.39, 0.29) is 0 Å². The summed E-state index contributed by atoms with van der Waals surface area (Å²) in [4.78, 5) is 5.55. The molecular formula is C16H18N4OS. The van der Waals surface area contributed by atoms with E-state index in [0.29, 0.717) is 6.10 Å². The van der Waals surface area contributed by atoms with E-state index in [1.807, 2.05) is 28.9 Å². The number of aromatic nitrogens is 3. The van der Waals surface area contributed by atoms with Crippen molar-refractivity contribution in [2.45, 2.75) is 25.4 Å². The standard InChI is InChI=1S/C16H18N4OS/c1-2-6-12(7-3-1)14-11-20-16(18-14)22-15(19-20)17-10-13-8-4-5-9-21-13/h1-3,6-7,11,13H,4-5,8-10H2,(H,17,19). The summed E-state index contributed by atoms with van der Waals surface area (Å²) >= 11 is 1.58. The van der Waals surface area contributed by atoms with Crippen LogP contribution < -0.4 is 5.32 Å². The molecular weight excluding hydrogens is 296 g/mol. The van der Waals surface area contributed by atoms with Crippen LogP contribution in [0.5, 0.6) is 0 Å². The van der Waals surface area contributed by atoms with E-state index in [2.05, 4.69) is 27.5 Å². The zero-order chi connectivity index (χ0) is 14.8. The molecule has 1 aliphatic rings. The average molecular weight is 314 g/mol. The molecule has 6 heteroatoms. The first-order valence-electron chi connectivity index (χ1n) is 7.65. The summed E-state index contributed by atoms with van der Waals surface area (Å²) in [7, 11) is 0. The van der Waals surface area contributed by atoms with Crippen molar-refractivity contribution in [2.24, 2.45) is 0 Å². The minimum absolute atomic E-state index is 0.310. The third-order valence-electron chi connectivity index (χ3n) is 3.87. The van der Waals surface area contributed by atoms with Crippen LogP contribution in [0.3, 0.4) is 0 Å². The van der Waals surface area contributed by atoms with E-state index in [1.165, 1.54) is 12.8 Å². The Hall–Kier alpha value is -1.92. The first-order chi connectivity index (χ1) is 10.9. The van der Waals surface area contributed by atoms with Gasteiger partial charge in [0.25, 0.3) is 0 Å². The highest BCUT2D eigenvalue weighted by molar-refractivity contribution is 7.20. The smallest absolute Gasteiger partial charge is 0.214 e. The summed E-state index contributed by atoms with van der Waals surface area (Å²) in [5.41, 5.74) is 2.08. The van der Waals surface area contributed by atoms with E-state index in [4.69, 9.17) is 4.74 Å². The minimum Gasteiger partial charge on any atom is -0.376 e. The molecule has 0 aliphatic carbocycles. The van der Waals surface area contributed by atoms with Gasteiger partial charge in [0.1, 0.15) is 0 Å². The molecule has 1 saturated heterocycles. The predicted molar refractivity (Wildman–Crippen MR) is 88.4 cm³/mol. The lowest BCUT2D eigenvalue weighted by Gasteiger charge is -2.22. The fourth-order valence-electron chi connectivity index (χ4n) is 2.69. The molecule has 0 radical (unpaired) electrons. The molecule has 0 spiro atoms. The fourth-order valence-corrected chi connectivity index (χ4v) is 3.48. The van der Waals surface area contributed by atoms with Crippen molar-refractivity contribution in [3.8, 4) is 11.3 Å². The zero-order valence-corrected chi connectivity index (χ0v) is 13.1. The summed E-state index contributed by atoms with van der Waals surface area (Å²) in [5.74, 6) is 0. The Bertz CT molecular complexity index is 714. The molecule has 3 aromatic rings. The second-order valence-electron chi connectivity index (χ2n) is 5.50. The highest BCUT2D eigenvalue weighted by atomic mass is 32.1. The molecule has 4 rings (SSSR count). The van der Waals surface area contributed by atoms with Crippen molar-refractivity contribution in [2.75, 3.05) is 18.5 Å². The molecule has 3 heterocycles. The fraction of sp³-hybridized carbons (Fsp3) is 0.375. The summed E-state index contributed by atoms with van der Waals surface area (Å²) in [6, 6.07) is 10.2. The maximum Gasteiger partial charge on any atom is 0.214 e. The van der Waals surface area contributed by atoms with Crippen molar-refractivity contribution in [3.63, 3.8) is 0 Å². The zero-order valence-electron chi connectivity index (χ0n) is 12.2. The van der Waals surface area contributed by atoms with Gasteiger partial charge in [0.05, 0.1) is 18.0 Å². The molecule has 5 nitrogen and oxygen atoms in total. The maximum atomic E-state index is 5.72. The topological polar surface area (TPSA) is 51.5 Å². The van der Waals surface area contributed by atoms with E-state index in [0.717, 1.165) is 40.9 Å². The number of benzene rings is 1. The van der Waals surface area contributed by atoms with Crippen LogP contribution in [-0.4, -0.2) is 33.9 Å². The quantitative estimate of drug-likeness (QED) is 0.801. The normalized spacial score (nSPS) is 18.6. The van der Waals surface area contributed by atoms with E-state index >= 15 is 0 Å². The first-order valence-corrected chi connectivity index (χ1v) is 8.47. The molecule has 22 heavy (non-hydrogen) atoms. The number of fused-ring (bicyclic) bond motifs is 1. The van der Waals surface area contributed by atoms with Crippen molar-refractivity contribution < 1.29 is 4.74 Å². The lowest BCUT2D eigenvalue weighted by Crippen LogP contribution is -2.26. The Morgan fingerprint density at radius 2 is 2.18 bits per heavy atom. The summed E-state index contributed by atoms with van der Waals surface area (Å²) in [6.45, 7) is 1.70. The van der Waals surface area contributed by atoms with Gasteiger partial charge in [-0.05, 0) is 19.3 Å². The van der Waals surface area contributed by atoms with E-state index < -0.39 is 0 Å². The summed E-state index contributed by atoms with van der Waals surface area (Å²) < 4.78 is 7.57. The Labute approximate surface area is 133 Å². The van der Waals surface area contributed by atoms with E-state index in [1.54, 1.807) is 11.3 Å². The number of nitrogens with one attached hydrogen (secondary N) is 1. The number of anilines is 1. The lowest BCUT2D eigenvalue weighted by molar-refractivity contribution is 0.0247. The van der Waals surface area contributed by atoms with Crippen LogP contribution in [0.2, 0.25) is 0 Å². The van der Waals surface area contributed by atoms with Gasteiger partial charge >= 0.3 is 0 Å². The van der Waals surface area contributed by atoms with Gasteiger partial charge in [-0.2, -0.15) is 0 Å². The van der Waals surface area contributed by atoms with Crippen LogP contribution in [-0.2, 0) is 4.74 Å². The number of hydrogen-bond acceptors (Lipinski definition) is 5. The van der Waals surface area contributed by atoms with Gasteiger partial charge in [0, 0.05) is 18.7 Å². The maximum absolute atomic E-state index is 5.72. The molecule has 0 amide bonds. The van der Waals surface area contributed by atoms with Crippen molar-refractivity contribution in [1.82, 2.24) is 14.6 Å². The molecule has 1 fully saturated rings. The molecule has 1 aliphatic heterocycles. The molecule has 1 aromatic carbocycles. The molecule has 1 N–H and O–H groups in total. The van der Waals surface area contributed by atoms with Crippen LogP contribution >= 0.6 is 11.3 Å². The SMILES string of the molecule is c1ccc(-c2cn3nc(NCC4CCCCO4)sc3n2)cc1. The second-order valence-corrected chi connectivity index (χ2v) is 6.45. The van der Waals surface area contributed by atoms with Gasteiger partial charge in [-0.15, -0.1) is 5.10 Å². The first kappa shape index (κ1) is 13.7. The van der Waals surface area contributed by atoms with Gasteiger partial charge < -0.3 is 10.1 Å². The van der Waals surface area contributed by atoms with Crippen LogP contribution in [0.4, 0.5) is 5.13 Å². The average Bonchev–Trinajstić information content (AvgIpc) is 3.13. The predicted octanol–water partition coefficient (Wildman–Crippen LogP) is 3.44. The third-order valence-corrected chi connectivity index (χ3v) is 4.75. The second kappa shape index (κ2) is 6.06. The minimum atomic E-state index is 0.310. The molecule has 0 saturated carbocycles. The van der Waals surface area contributed by atoms with Crippen molar-refractivity contribution >= 4 is 21.4 Å². The highest BCUT2D eigenvalue weighted by Gasteiger charge is 2.15. The number of imidazole rings is 1. The number of rotatable bonds is 4. The van der Waals surface area contributed by atoms with Crippen LogP contribution in [0.25, 0.3) is 16.2 Å². The van der Waals surface area contributed by atoms with Gasteiger partial charge in [-0.25, -0.2) is 9.50 Å². The van der Waals surface area contributed by atoms with Crippen molar-refractivity contribution in [1.29, 1.82) is 0 Å². The molecule has 114 valence electrons. The van der Waals surface area contributed by atoms with Gasteiger partial charge in [-0.3, -0.25) is 0 Å². The van der Waals surface area contributed by atoms with Crippen LogP contribution in [0.15, 0.2) is 36.5 Å².